The molecule has 21 heavy (non-hydrogen) atoms. The maximum atomic E-state index is 8.81. The molecule has 0 spiro atoms. The van der Waals surface area contributed by atoms with Gasteiger partial charge in [-0.25, -0.2) is 0 Å². The van der Waals surface area contributed by atoms with Gasteiger partial charge in [0.15, 0.2) is 0 Å². The minimum Gasteiger partial charge on any atom is -0.495 e. The Morgan fingerprint density at radius 2 is 2.10 bits per heavy atom. The van der Waals surface area contributed by atoms with E-state index in [1.807, 2.05) is 32.0 Å². The summed E-state index contributed by atoms with van der Waals surface area (Å²) in [5.41, 5.74) is 1.96. The van der Waals surface area contributed by atoms with E-state index in [-0.39, 0.29) is 12.7 Å². The van der Waals surface area contributed by atoms with Crippen molar-refractivity contribution in [3.63, 3.8) is 0 Å². The standard InChI is InChI=1S/C17H25NO3/c1-14(2)21-11-9-18(3)13-15-7-8-17(20-4)16(12-15)6-5-10-19/h7-8,12,14,19H,9-11,13H2,1-4H3. The highest BCUT2D eigenvalue weighted by Crippen LogP contribution is 2.19. The van der Waals surface area contributed by atoms with Gasteiger partial charge in [-0.15, -0.1) is 0 Å². The molecule has 1 aromatic rings. The fourth-order valence-corrected chi connectivity index (χ4v) is 1.92. The van der Waals surface area contributed by atoms with E-state index < -0.39 is 0 Å². The van der Waals surface area contributed by atoms with Crippen molar-refractivity contribution in [2.24, 2.45) is 0 Å². The number of aliphatic hydroxyl groups excluding tert-OH is 1. The largest absolute Gasteiger partial charge is 0.495 e. The molecule has 0 atom stereocenters. The van der Waals surface area contributed by atoms with Gasteiger partial charge < -0.3 is 14.6 Å². The monoisotopic (exact) mass is 291 g/mol. The van der Waals surface area contributed by atoms with Crippen LogP contribution < -0.4 is 4.74 Å². The summed E-state index contributed by atoms with van der Waals surface area (Å²) in [6.07, 6.45) is 0.264. The molecule has 1 aromatic carbocycles. The van der Waals surface area contributed by atoms with E-state index >= 15 is 0 Å². The van der Waals surface area contributed by atoms with Gasteiger partial charge in [0, 0.05) is 13.1 Å². The number of nitrogens with zero attached hydrogens (tertiary/aromatic N) is 1. The molecule has 4 heteroatoms. The van der Waals surface area contributed by atoms with Crippen LogP contribution in [-0.4, -0.2) is 50.0 Å². The molecular weight excluding hydrogens is 266 g/mol. The predicted molar refractivity (Wildman–Crippen MR) is 84.4 cm³/mol. The predicted octanol–water partition coefficient (Wildman–Crippen LogP) is 1.90. The number of likely N-dealkylation sites (N-methyl/N-ethyl adjacent to an activating group) is 1. The molecule has 0 bridgehead atoms. The van der Waals surface area contributed by atoms with Crippen LogP contribution in [0.1, 0.15) is 25.0 Å². The van der Waals surface area contributed by atoms with Crippen LogP contribution in [0.2, 0.25) is 0 Å². The van der Waals surface area contributed by atoms with E-state index in [9.17, 15) is 0 Å². The number of hydrogen-bond donors (Lipinski definition) is 1. The zero-order valence-corrected chi connectivity index (χ0v) is 13.3. The van der Waals surface area contributed by atoms with Crippen LogP contribution in [0, 0.1) is 11.8 Å². The minimum atomic E-state index is -0.153. The van der Waals surface area contributed by atoms with Crippen molar-refractivity contribution in [1.82, 2.24) is 4.90 Å². The van der Waals surface area contributed by atoms with Gasteiger partial charge >= 0.3 is 0 Å². The highest BCUT2D eigenvalue weighted by molar-refractivity contribution is 5.48. The molecule has 0 saturated heterocycles. The average Bonchev–Trinajstić information content (AvgIpc) is 2.44. The van der Waals surface area contributed by atoms with Crippen LogP contribution in [0.3, 0.4) is 0 Å². The van der Waals surface area contributed by atoms with Gasteiger partial charge in [-0.3, -0.25) is 4.90 Å². The van der Waals surface area contributed by atoms with Crippen LogP contribution in [0.25, 0.3) is 0 Å². The first kappa shape index (κ1) is 17.5. The van der Waals surface area contributed by atoms with E-state index in [2.05, 4.69) is 23.8 Å². The molecule has 0 saturated carbocycles. The first-order chi connectivity index (χ1) is 10.1. The highest BCUT2D eigenvalue weighted by atomic mass is 16.5. The van der Waals surface area contributed by atoms with Gasteiger partial charge in [-0.2, -0.15) is 0 Å². The maximum Gasteiger partial charge on any atom is 0.134 e. The Morgan fingerprint density at radius 3 is 2.71 bits per heavy atom. The lowest BCUT2D eigenvalue weighted by atomic mass is 10.1. The lowest BCUT2D eigenvalue weighted by Gasteiger charge is -2.18. The molecule has 0 aromatic heterocycles. The van der Waals surface area contributed by atoms with Gasteiger partial charge in [0.2, 0.25) is 0 Å². The van der Waals surface area contributed by atoms with Gasteiger partial charge in [0.05, 0.1) is 25.4 Å². The third-order valence-electron chi connectivity index (χ3n) is 2.94. The normalized spacial score (nSPS) is 10.6. The number of ether oxygens (including phenoxy) is 2. The van der Waals surface area contributed by atoms with E-state index in [4.69, 9.17) is 14.6 Å². The third kappa shape index (κ3) is 6.63. The first-order valence-corrected chi connectivity index (χ1v) is 7.13. The highest BCUT2D eigenvalue weighted by Gasteiger charge is 2.05. The van der Waals surface area contributed by atoms with Crippen molar-refractivity contribution < 1.29 is 14.6 Å². The van der Waals surface area contributed by atoms with Crippen LogP contribution in [0.15, 0.2) is 18.2 Å². The summed E-state index contributed by atoms with van der Waals surface area (Å²) in [5.74, 6) is 6.30. The van der Waals surface area contributed by atoms with Crippen LogP contribution in [-0.2, 0) is 11.3 Å². The van der Waals surface area contributed by atoms with Crippen molar-refractivity contribution in [3.05, 3.63) is 29.3 Å². The zero-order chi connectivity index (χ0) is 15.7. The number of methoxy groups -OCH3 is 1. The Bertz CT molecular complexity index is 489. The smallest absolute Gasteiger partial charge is 0.134 e. The summed E-state index contributed by atoms with van der Waals surface area (Å²) < 4.78 is 10.8. The number of rotatable bonds is 7. The average molecular weight is 291 g/mol. The molecule has 1 N–H and O–H groups in total. The number of benzene rings is 1. The summed E-state index contributed by atoms with van der Waals surface area (Å²) in [4.78, 5) is 2.20. The summed E-state index contributed by atoms with van der Waals surface area (Å²) in [6.45, 7) is 6.34. The van der Waals surface area contributed by atoms with Gasteiger partial charge in [-0.05, 0) is 38.6 Å². The molecule has 0 amide bonds. The molecule has 116 valence electrons. The van der Waals surface area contributed by atoms with Crippen molar-refractivity contribution in [2.45, 2.75) is 26.5 Å². The van der Waals surface area contributed by atoms with Gasteiger partial charge in [0.25, 0.3) is 0 Å². The van der Waals surface area contributed by atoms with Crippen LogP contribution >= 0.6 is 0 Å². The second-order valence-electron chi connectivity index (χ2n) is 5.15. The Labute approximate surface area is 127 Å². The van der Waals surface area contributed by atoms with Gasteiger partial charge in [0.1, 0.15) is 12.4 Å². The fourth-order valence-electron chi connectivity index (χ4n) is 1.92. The summed E-state index contributed by atoms with van der Waals surface area (Å²) >= 11 is 0. The molecule has 0 fully saturated rings. The quantitative estimate of drug-likeness (QED) is 0.779. The molecule has 0 aliphatic rings. The second-order valence-corrected chi connectivity index (χ2v) is 5.15. The molecule has 0 radical (unpaired) electrons. The topological polar surface area (TPSA) is 41.9 Å². The maximum absolute atomic E-state index is 8.81. The van der Waals surface area contributed by atoms with Crippen molar-refractivity contribution in [3.8, 4) is 17.6 Å². The SMILES string of the molecule is COc1ccc(CN(C)CCOC(C)C)cc1C#CCO. The van der Waals surface area contributed by atoms with Crippen molar-refractivity contribution in [1.29, 1.82) is 0 Å². The van der Waals surface area contributed by atoms with Crippen molar-refractivity contribution in [2.75, 3.05) is 33.9 Å². The Hall–Kier alpha value is -1.54. The number of hydrogen-bond acceptors (Lipinski definition) is 4. The van der Waals surface area contributed by atoms with Crippen molar-refractivity contribution >= 4 is 0 Å². The lowest BCUT2D eigenvalue weighted by molar-refractivity contribution is 0.0627. The van der Waals surface area contributed by atoms with Crippen LogP contribution in [0.5, 0.6) is 5.75 Å². The Balaban J connectivity index is 2.66. The number of aliphatic hydroxyl groups is 1. The third-order valence-corrected chi connectivity index (χ3v) is 2.94. The molecule has 1 rings (SSSR count). The summed E-state index contributed by atoms with van der Waals surface area (Å²) in [6, 6.07) is 5.94. The Kier molecular flexibility index (Phi) is 7.84. The zero-order valence-electron chi connectivity index (χ0n) is 13.3. The van der Waals surface area contributed by atoms with E-state index in [0.717, 1.165) is 36.6 Å². The molecule has 4 nitrogen and oxygen atoms in total. The minimum absolute atomic E-state index is 0.153. The summed E-state index contributed by atoms with van der Waals surface area (Å²) in [5, 5.41) is 8.81. The van der Waals surface area contributed by atoms with E-state index in [1.54, 1.807) is 7.11 Å². The van der Waals surface area contributed by atoms with Gasteiger partial charge in [-0.1, -0.05) is 17.9 Å². The molecular formula is C17H25NO3. The first-order valence-electron chi connectivity index (χ1n) is 7.13. The Morgan fingerprint density at radius 1 is 1.33 bits per heavy atom. The van der Waals surface area contributed by atoms with E-state index in [0.29, 0.717) is 0 Å². The van der Waals surface area contributed by atoms with E-state index in [1.165, 1.54) is 0 Å². The lowest BCUT2D eigenvalue weighted by Crippen LogP contribution is -2.24. The molecule has 0 aliphatic carbocycles. The fraction of sp³-hybridized carbons (Fsp3) is 0.529. The second kappa shape index (κ2) is 9.41. The summed E-state index contributed by atoms with van der Waals surface area (Å²) in [7, 11) is 3.68. The molecule has 0 heterocycles. The van der Waals surface area contributed by atoms with Crippen LogP contribution in [0.4, 0.5) is 0 Å². The molecule has 0 aliphatic heterocycles. The molecule has 0 unspecified atom stereocenters.